The molecule has 0 unspecified atom stereocenters. The van der Waals surface area contributed by atoms with Crippen molar-refractivity contribution in [3.05, 3.63) is 50.8 Å². The minimum absolute atomic E-state index is 0.00434. The van der Waals surface area contributed by atoms with E-state index in [1.54, 1.807) is 12.1 Å². The molecular formula is C16H18Cl2N2O2. The van der Waals surface area contributed by atoms with Gasteiger partial charge in [-0.05, 0) is 36.6 Å². The van der Waals surface area contributed by atoms with E-state index in [0.717, 1.165) is 22.5 Å². The van der Waals surface area contributed by atoms with Crippen molar-refractivity contribution in [3.63, 3.8) is 0 Å². The number of aryl methyl sites for hydroxylation is 1. The van der Waals surface area contributed by atoms with Crippen LogP contribution in [0, 0.1) is 0 Å². The van der Waals surface area contributed by atoms with E-state index in [1.165, 1.54) is 0 Å². The third-order valence-corrected chi connectivity index (χ3v) is 4.18. The normalized spacial score (nSPS) is 10.9. The van der Waals surface area contributed by atoms with Crippen LogP contribution in [0.15, 0.2) is 18.2 Å². The van der Waals surface area contributed by atoms with Gasteiger partial charge in [-0.1, -0.05) is 37.0 Å². The molecule has 0 saturated carbocycles. The van der Waals surface area contributed by atoms with Crippen LogP contribution in [0.2, 0.25) is 10.0 Å². The summed E-state index contributed by atoms with van der Waals surface area (Å²) in [4.78, 5) is 11.1. The van der Waals surface area contributed by atoms with Gasteiger partial charge >= 0.3 is 5.97 Å². The number of hydrogen-bond acceptors (Lipinski definition) is 2. The molecule has 2 rings (SSSR count). The minimum Gasteiger partial charge on any atom is -0.481 e. The number of aliphatic carboxylic acids is 1. The zero-order valence-electron chi connectivity index (χ0n) is 12.6. The number of aromatic nitrogens is 2. The van der Waals surface area contributed by atoms with Crippen LogP contribution in [-0.4, -0.2) is 20.9 Å². The van der Waals surface area contributed by atoms with Gasteiger partial charge in [0, 0.05) is 21.3 Å². The van der Waals surface area contributed by atoms with Gasteiger partial charge in [0.15, 0.2) is 0 Å². The minimum atomic E-state index is -0.843. The predicted octanol–water partition coefficient (Wildman–Crippen LogP) is 3.99. The van der Waals surface area contributed by atoms with Gasteiger partial charge < -0.3 is 5.11 Å². The summed E-state index contributed by atoms with van der Waals surface area (Å²) in [5.74, 6) is -0.843. The Morgan fingerprint density at radius 2 is 2.00 bits per heavy atom. The molecule has 0 aliphatic carbocycles. The van der Waals surface area contributed by atoms with Crippen LogP contribution in [0.4, 0.5) is 0 Å². The largest absolute Gasteiger partial charge is 0.481 e. The van der Waals surface area contributed by atoms with Crippen molar-refractivity contribution in [1.29, 1.82) is 0 Å². The van der Waals surface area contributed by atoms with Crippen LogP contribution in [0.5, 0.6) is 0 Å². The average Bonchev–Trinajstić information content (AvgIpc) is 2.79. The summed E-state index contributed by atoms with van der Waals surface area (Å²) in [6.45, 7) is 4.46. The van der Waals surface area contributed by atoms with Gasteiger partial charge in [-0.25, -0.2) is 0 Å². The Balaban J connectivity index is 2.44. The van der Waals surface area contributed by atoms with Crippen LogP contribution < -0.4 is 0 Å². The summed E-state index contributed by atoms with van der Waals surface area (Å²) < 4.78 is 1.84. The Bertz CT molecular complexity index is 696. The summed E-state index contributed by atoms with van der Waals surface area (Å²) in [6.07, 6.45) is 1.41. The molecule has 0 spiro atoms. The van der Waals surface area contributed by atoms with Crippen LogP contribution in [0.25, 0.3) is 0 Å². The zero-order chi connectivity index (χ0) is 16.3. The maximum atomic E-state index is 11.1. The Hall–Kier alpha value is -1.52. The lowest BCUT2D eigenvalue weighted by Gasteiger charge is -2.09. The first-order valence-electron chi connectivity index (χ1n) is 7.19. The zero-order valence-corrected chi connectivity index (χ0v) is 14.1. The second-order valence-corrected chi connectivity index (χ2v) is 5.89. The number of rotatable bonds is 6. The van der Waals surface area contributed by atoms with E-state index in [1.807, 2.05) is 24.6 Å². The van der Waals surface area contributed by atoms with Gasteiger partial charge in [-0.2, -0.15) is 5.10 Å². The molecule has 0 saturated heterocycles. The van der Waals surface area contributed by atoms with E-state index in [0.29, 0.717) is 29.4 Å². The van der Waals surface area contributed by atoms with Crippen molar-refractivity contribution in [2.75, 3.05) is 0 Å². The third-order valence-electron chi connectivity index (χ3n) is 3.58. The monoisotopic (exact) mass is 340 g/mol. The summed E-state index contributed by atoms with van der Waals surface area (Å²) in [6, 6.07) is 5.31. The summed E-state index contributed by atoms with van der Waals surface area (Å²) in [7, 11) is 0. The van der Waals surface area contributed by atoms with Crippen molar-refractivity contribution in [3.8, 4) is 0 Å². The van der Waals surface area contributed by atoms with Crippen LogP contribution >= 0.6 is 23.2 Å². The topological polar surface area (TPSA) is 55.1 Å². The fourth-order valence-electron chi connectivity index (χ4n) is 2.58. The molecule has 1 heterocycles. The van der Waals surface area contributed by atoms with Gasteiger partial charge in [0.05, 0.1) is 18.7 Å². The summed E-state index contributed by atoms with van der Waals surface area (Å²) in [5.41, 5.74) is 3.46. The fraction of sp³-hybridized carbons (Fsp3) is 0.375. The summed E-state index contributed by atoms with van der Waals surface area (Å²) >= 11 is 12.2. The number of benzene rings is 1. The van der Waals surface area contributed by atoms with E-state index in [2.05, 4.69) is 5.10 Å². The number of carboxylic acids is 1. The molecule has 1 aromatic carbocycles. The van der Waals surface area contributed by atoms with Gasteiger partial charge in [0.2, 0.25) is 0 Å². The molecule has 0 aliphatic heterocycles. The molecule has 1 N–H and O–H groups in total. The van der Waals surface area contributed by atoms with Crippen molar-refractivity contribution in [1.82, 2.24) is 9.78 Å². The van der Waals surface area contributed by atoms with Gasteiger partial charge in [-0.15, -0.1) is 0 Å². The SMILES string of the molecule is CCc1nn(Cc2cc(Cl)ccc2Cl)c(CC)c1CC(=O)O. The molecule has 0 amide bonds. The van der Waals surface area contributed by atoms with E-state index >= 15 is 0 Å². The fourth-order valence-corrected chi connectivity index (χ4v) is 2.95. The van der Waals surface area contributed by atoms with Crippen LogP contribution in [-0.2, 0) is 30.6 Å². The van der Waals surface area contributed by atoms with E-state index < -0.39 is 5.97 Å². The molecule has 0 atom stereocenters. The molecule has 4 nitrogen and oxygen atoms in total. The predicted molar refractivity (Wildman–Crippen MR) is 87.9 cm³/mol. The van der Waals surface area contributed by atoms with Gasteiger partial charge in [0.25, 0.3) is 0 Å². The first-order chi connectivity index (χ1) is 10.5. The molecule has 0 fully saturated rings. The number of halogens is 2. The number of nitrogens with zero attached hydrogens (tertiary/aromatic N) is 2. The third kappa shape index (κ3) is 3.62. The number of hydrogen-bond donors (Lipinski definition) is 1. The Morgan fingerprint density at radius 1 is 1.27 bits per heavy atom. The lowest BCUT2D eigenvalue weighted by atomic mass is 10.1. The van der Waals surface area contributed by atoms with E-state index in [9.17, 15) is 4.79 Å². The highest BCUT2D eigenvalue weighted by atomic mass is 35.5. The standard InChI is InChI=1S/C16H18Cl2N2O2/c1-3-14-12(8-16(21)22)15(4-2)20(19-14)9-10-7-11(17)5-6-13(10)18/h5-7H,3-4,8-9H2,1-2H3,(H,21,22). The number of carbonyl (C=O) groups is 1. The Kier molecular flexibility index (Phi) is 5.48. The molecule has 1 aromatic heterocycles. The van der Waals surface area contributed by atoms with Crippen LogP contribution in [0.1, 0.15) is 36.4 Å². The maximum absolute atomic E-state index is 11.1. The molecule has 118 valence electrons. The highest BCUT2D eigenvalue weighted by Crippen LogP contribution is 2.24. The van der Waals surface area contributed by atoms with Gasteiger partial charge in [-0.3, -0.25) is 9.48 Å². The van der Waals surface area contributed by atoms with E-state index in [-0.39, 0.29) is 6.42 Å². The second kappa shape index (κ2) is 7.16. The molecule has 0 radical (unpaired) electrons. The van der Waals surface area contributed by atoms with Crippen molar-refractivity contribution >= 4 is 29.2 Å². The first-order valence-corrected chi connectivity index (χ1v) is 7.95. The molecule has 2 aromatic rings. The van der Waals surface area contributed by atoms with Crippen molar-refractivity contribution < 1.29 is 9.90 Å². The molecule has 22 heavy (non-hydrogen) atoms. The van der Waals surface area contributed by atoms with Gasteiger partial charge in [0.1, 0.15) is 0 Å². The Labute approximate surface area is 139 Å². The number of carboxylic acid groups (broad SMARTS) is 1. The molecule has 0 bridgehead atoms. The molecule has 6 heteroatoms. The Morgan fingerprint density at radius 3 is 2.59 bits per heavy atom. The average molecular weight is 341 g/mol. The summed E-state index contributed by atoms with van der Waals surface area (Å²) in [5, 5.41) is 14.9. The van der Waals surface area contributed by atoms with Crippen molar-refractivity contribution in [2.45, 2.75) is 39.7 Å². The quantitative estimate of drug-likeness (QED) is 0.864. The molecule has 0 aliphatic rings. The molecular weight excluding hydrogens is 323 g/mol. The second-order valence-electron chi connectivity index (χ2n) is 5.04. The lowest BCUT2D eigenvalue weighted by Crippen LogP contribution is -2.09. The smallest absolute Gasteiger partial charge is 0.307 e. The lowest BCUT2D eigenvalue weighted by molar-refractivity contribution is -0.136. The maximum Gasteiger partial charge on any atom is 0.307 e. The van der Waals surface area contributed by atoms with Crippen molar-refractivity contribution in [2.24, 2.45) is 0 Å². The highest BCUT2D eigenvalue weighted by molar-refractivity contribution is 6.33. The van der Waals surface area contributed by atoms with Crippen LogP contribution in [0.3, 0.4) is 0 Å². The van der Waals surface area contributed by atoms with E-state index in [4.69, 9.17) is 28.3 Å². The first kappa shape index (κ1) is 16.8. The highest BCUT2D eigenvalue weighted by Gasteiger charge is 2.18.